The Kier molecular flexibility index (Phi) is 11.2. The number of thioether (sulfide) groups is 1. The molecular formula is C28H30BrClN2O2S. The molecule has 0 unspecified atom stereocenters. The molecule has 35 heavy (non-hydrogen) atoms. The summed E-state index contributed by atoms with van der Waals surface area (Å²) in [6.45, 7) is 2.79. The van der Waals surface area contributed by atoms with Gasteiger partial charge in [0.2, 0.25) is 11.8 Å². The van der Waals surface area contributed by atoms with E-state index in [-0.39, 0.29) is 11.8 Å². The van der Waals surface area contributed by atoms with E-state index in [0.717, 1.165) is 32.7 Å². The van der Waals surface area contributed by atoms with Crippen molar-refractivity contribution in [1.29, 1.82) is 0 Å². The summed E-state index contributed by atoms with van der Waals surface area (Å²) in [5.41, 5.74) is 2.01. The zero-order chi connectivity index (χ0) is 25.0. The van der Waals surface area contributed by atoms with Gasteiger partial charge in [0.25, 0.3) is 0 Å². The molecule has 0 aliphatic carbocycles. The van der Waals surface area contributed by atoms with Gasteiger partial charge in [-0.3, -0.25) is 9.59 Å². The highest BCUT2D eigenvalue weighted by molar-refractivity contribution is 9.10. The van der Waals surface area contributed by atoms with Crippen LogP contribution in [0.4, 0.5) is 0 Å². The van der Waals surface area contributed by atoms with Crippen LogP contribution in [0.2, 0.25) is 5.02 Å². The van der Waals surface area contributed by atoms with Gasteiger partial charge < -0.3 is 10.2 Å². The molecule has 0 heterocycles. The molecule has 4 nitrogen and oxygen atoms in total. The Morgan fingerprint density at radius 1 is 0.971 bits per heavy atom. The Balaban J connectivity index is 1.75. The van der Waals surface area contributed by atoms with E-state index in [2.05, 4.69) is 21.2 Å². The largest absolute Gasteiger partial charge is 0.355 e. The van der Waals surface area contributed by atoms with Gasteiger partial charge in [-0.25, -0.2) is 0 Å². The quantitative estimate of drug-likeness (QED) is 0.193. The minimum Gasteiger partial charge on any atom is -0.355 e. The molecule has 3 aromatic carbocycles. The van der Waals surface area contributed by atoms with Gasteiger partial charge >= 0.3 is 0 Å². The molecule has 0 aliphatic rings. The average Bonchev–Trinajstić information content (AvgIpc) is 2.87. The fourth-order valence-corrected chi connectivity index (χ4v) is 4.96. The van der Waals surface area contributed by atoms with Gasteiger partial charge in [0.1, 0.15) is 6.04 Å². The number of halogens is 2. The second-order valence-corrected chi connectivity index (χ2v) is 10.7. The minimum absolute atomic E-state index is 0.0168. The van der Waals surface area contributed by atoms with Crippen molar-refractivity contribution in [3.8, 4) is 0 Å². The lowest BCUT2D eigenvalue weighted by Gasteiger charge is -2.31. The molecule has 0 radical (unpaired) electrons. The molecule has 0 saturated carbocycles. The molecule has 0 bridgehead atoms. The molecule has 0 aliphatic heterocycles. The van der Waals surface area contributed by atoms with E-state index in [0.29, 0.717) is 31.0 Å². The second-order valence-electron chi connectivity index (χ2n) is 8.15. The summed E-state index contributed by atoms with van der Waals surface area (Å²) in [5, 5.41) is 3.65. The van der Waals surface area contributed by atoms with E-state index < -0.39 is 6.04 Å². The van der Waals surface area contributed by atoms with Gasteiger partial charge in [0, 0.05) is 40.3 Å². The first kappa shape index (κ1) is 27.3. The van der Waals surface area contributed by atoms with E-state index in [1.807, 2.05) is 85.8 Å². The highest BCUT2D eigenvalue weighted by atomic mass is 79.9. The Morgan fingerprint density at radius 2 is 1.66 bits per heavy atom. The van der Waals surface area contributed by atoms with Crippen molar-refractivity contribution in [2.75, 3.05) is 12.3 Å². The third-order valence-corrected chi connectivity index (χ3v) is 7.38. The van der Waals surface area contributed by atoms with Gasteiger partial charge in [-0.05, 0) is 66.6 Å². The van der Waals surface area contributed by atoms with Crippen LogP contribution in [0.3, 0.4) is 0 Å². The van der Waals surface area contributed by atoms with Crippen LogP contribution in [0, 0.1) is 0 Å². The number of likely N-dealkylation sites (N-methyl/N-ethyl adjacent to an activating group) is 1. The molecular weight excluding hydrogens is 544 g/mol. The van der Waals surface area contributed by atoms with Crippen LogP contribution >= 0.6 is 39.3 Å². The summed E-state index contributed by atoms with van der Waals surface area (Å²) >= 11 is 11.1. The van der Waals surface area contributed by atoms with Crippen molar-refractivity contribution in [1.82, 2.24) is 10.2 Å². The van der Waals surface area contributed by atoms with E-state index >= 15 is 0 Å². The van der Waals surface area contributed by atoms with Crippen molar-refractivity contribution in [2.45, 2.75) is 43.7 Å². The maximum absolute atomic E-state index is 13.5. The number of hydrogen-bond donors (Lipinski definition) is 1. The number of carbonyl (C=O) groups excluding carboxylic acids is 2. The number of hydrogen-bond acceptors (Lipinski definition) is 3. The molecule has 3 rings (SSSR count). The third-order valence-electron chi connectivity index (χ3n) is 5.51. The van der Waals surface area contributed by atoms with Crippen LogP contribution in [0.1, 0.15) is 30.9 Å². The van der Waals surface area contributed by atoms with Crippen LogP contribution in [0.15, 0.2) is 88.2 Å². The van der Waals surface area contributed by atoms with Crippen molar-refractivity contribution in [2.24, 2.45) is 0 Å². The van der Waals surface area contributed by atoms with Crippen molar-refractivity contribution < 1.29 is 9.59 Å². The normalized spacial score (nSPS) is 11.6. The molecule has 0 aromatic heterocycles. The fourth-order valence-electron chi connectivity index (χ4n) is 3.72. The van der Waals surface area contributed by atoms with Gasteiger partial charge in [-0.1, -0.05) is 70.0 Å². The summed E-state index contributed by atoms with van der Waals surface area (Å²) < 4.78 is 0.975. The lowest BCUT2D eigenvalue weighted by molar-refractivity contribution is -0.141. The molecule has 7 heteroatoms. The first-order valence-corrected chi connectivity index (χ1v) is 13.9. The fraction of sp³-hybridized carbons (Fsp3) is 0.286. The van der Waals surface area contributed by atoms with E-state index in [1.165, 1.54) is 0 Å². The number of benzene rings is 3. The van der Waals surface area contributed by atoms with Crippen molar-refractivity contribution in [3.05, 3.63) is 99.5 Å². The summed E-state index contributed by atoms with van der Waals surface area (Å²) in [4.78, 5) is 29.5. The highest BCUT2D eigenvalue weighted by Crippen LogP contribution is 2.23. The minimum atomic E-state index is -0.586. The van der Waals surface area contributed by atoms with E-state index in [4.69, 9.17) is 11.6 Å². The SMILES string of the molecule is CCNC(=O)[C@H](Cc1ccccc1)N(Cc1ccc(Br)cc1)C(=O)CCCSc1ccc(Cl)cc1. The van der Waals surface area contributed by atoms with E-state index in [9.17, 15) is 9.59 Å². The lowest BCUT2D eigenvalue weighted by Crippen LogP contribution is -2.50. The van der Waals surface area contributed by atoms with Crippen molar-refractivity contribution in [3.63, 3.8) is 0 Å². The predicted molar refractivity (Wildman–Crippen MR) is 149 cm³/mol. The zero-order valence-electron chi connectivity index (χ0n) is 19.8. The Labute approximate surface area is 225 Å². The van der Waals surface area contributed by atoms with Gasteiger partial charge in [0.05, 0.1) is 0 Å². The Bertz CT molecular complexity index is 1080. The maximum Gasteiger partial charge on any atom is 0.243 e. The third kappa shape index (κ3) is 9.02. The molecule has 184 valence electrons. The number of nitrogens with one attached hydrogen (secondary N) is 1. The summed E-state index contributed by atoms with van der Waals surface area (Å²) in [6.07, 6.45) is 1.56. The molecule has 2 amide bonds. The van der Waals surface area contributed by atoms with E-state index in [1.54, 1.807) is 16.7 Å². The maximum atomic E-state index is 13.5. The van der Waals surface area contributed by atoms with Gasteiger partial charge in [-0.2, -0.15) is 0 Å². The average molecular weight is 574 g/mol. The number of amides is 2. The predicted octanol–water partition coefficient (Wildman–Crippen LogP) is 6.75. The standard InChI is InChI=1S/C28H30BrClN2O2S/c1-2-31-28(34)26(19-21-7-4-3-5-8-21)32(20-22-10-12-23(29)13-11-22)27(33)9-6-18-35-25-16-14-24(30)15-17-25/h3-5,7-8,10-17,26H,2,6,9,18-20H2,1H3,(H,31,34)/t26-/m0/s1. The van der Waals surface area contributed by atoms with Gasteiger partial charge in [0.15, 0.2) is 0 Å². The second kappa shape index (κ2) is 14.3. The topological polar surface area (TPSA) is 49.4 Å². The molecule has 0 spiro atoms. The molecule has 1 atom stereocenters. The smallest absolute Gasteiger partial charge is 0.243 e. The first-order valence-electron chi connectivity index (χ1n) is 11.7. The number of carbonyl (C=O) groups is 2. The van der Waals surface area contributed by atoms with Crippen LogP contribution in [-0.2, 0) is 22.6 Å². The molecule has 3 aromatic rings. The Morgan fingerprint density at radius 3 is 2.31 bits per heavy atom. The Hall–Kier alpha value is -2.28. The van der Waals surface area contributed by atoms with Gasteiger partial charge in [-0.15, -0.1) is 11.8 Å². The van der Waals surface area contributed by atoms with Crippen LogP contribution in [-0.4, -0.2) is 35.1 Å². The van der Waals surface area contributed by atoms with Crippen LogP contribution in [0.5, 0.6) is 0 Å². The number of nitrogens with zero attached hydrogens (tertiary/aromatic N) is 1. The van der Waals surface area contributed by atoms with Crippen molar-refractivity contribution >= 4 is 51.1 Å². The molecule has 1 N–H and O–H groups in total. The lowest BCUT2D eigenvalue weighted by atomic mass is 10.0. The summed E-state index contributed by atoms with van der Waals surface area (Å²) in [6, 6.07) is 24.9. The van der Waals surface area contributed by atoms with Crippen LogP contribution < -0.4 is 5.32 Å². The summed E-state index contributed by atoms with van der Waals surface area (Å²) in [5.74, 6) is 0.665. The highest BCUT2D eigenvalue weighted by Gasteiger charge is 2.29. The number of rotatable bonds is 12. The first-order chi connectivity index (χ1) is 17.0. The molecule has 0 saturated heterocycles. The monoisotopic (exact) mass is 572 g/mol. The molecule has 0 fully saturated rings. The summed E-state index contributed by atoms with van der Waals surface area (Å²) in [7, 11) is 0. The van der Waals surface area contributed by atoms with Crippen LogP contribution in [0.25, 0.3) is 0 Å². The zero-order valence-corrected chi connectivity index (χ0v) is 22.9.